The van der Waals surface area contributed by atoms with Gasteiger partial charge in [-0.05, 0) is 40.0 Å². The van der Waals surface area contributed by atoms with Gasteiger partial charge in [-0.3, -0.25) is 9.79 Å². The molecular weight excluding hydrogens is 358 g/mol. The number of carbonyl (C=O) groups excluding carboxylic acids is 2. The van der Waals surface area contributed by atoms with Crippen LogP contribution >= 0.6 is 0 Å². The lowest BCUT2D eigenvalue weighted by Crippen LogP contribution is -2.45. The van der Waals surface area contributed by atoms with Crippen molar-refractivity contribution in [1.82, 2.24) is 20.9 Å². The minimum atomic E-state index is -0.502. The number of carbonyl (C=O) groups is 2. The van der Waals surface area contributed by atoms with Crippen molar-refractivity contribution in [3.8, 4) is 0 Å². The Hall–Kier alpha value is -1.99. The number of aliphatic imine (C=N–C) groups is 1. The van der Waals surface area contributed by atoms with Crippen LogP contribution in [0.25, 0.3) is 0 Å². The van der Waals surface area contributed by atoms with E-state index in [9.17, 15) is 9.59 Å². The second kappa shape index (κ2) is 10.5. The fourth-order valence-electron chi connectivity index (χ4n) is 3.71. The molecule has 1 atom stereocenters. The van der Waals surface area contributed by atoms with Crippen molar-refractivity contribution in [3.05, 3.63) is 0 Å². The summed E-state index contributed by atoms with van der Waals surface area (Å²) in [6.45, 7) is 7.57. The summed E-state index contributed by atoms with van der Waals surface area (Å²) in [4.78, 5) is 30.5. The van der Waals surface area contributed by atoms with Crippen molar-refractivity contribution in [1.29, 1.82) is 0 Å². The molecule has 1 aliphatic carbocycles. The molecule has 0 spiro atoms. The summed E-state index contributed by atoms with van der Waals surface area (Å²) in [5.74, 6) is 0.861. The summed E-state index contributed by atoms with van der Waals surface area (Å²) < 4.78 is 5.32. The summed E-state index contributed by atoms with van der Waals surface area (Å²) in [5.41, 5.74) is -0.502. The van der Waals surface area contributed by atoms with Crippen LogP contribution in [-0.4, -0.2) is 67.2 Å². The Labute approximate surface area is 168 Å². The molecule has 0 aromatic heterocycles. The Morgan fingerprint density at radius 1 is 1.07 bits per heavy atom. The molecule has 1 heterocycles. The van der Waals surface area contributed by atoms with Crippen LogP contribution in [0.4, 0.5) is 4.79 Å². The third-order valence-corrected chi connectivity index (χ3v) is 5.03. The zero-order valence-electron chi connectivity index (χ0n) is 17.8. The van der Waals surface area contributed by atoms with E-state index in [1.54, 1.807) is 7.05 Å². The topological polar surface area (TPSA) is 95.1 Å². The van der Waals surface area contributed by atoms with Crippen LogP contribution in [0, 0.1) is 0 Å². The quantitative estimate of drug-likeness (QED) is 0.489. The van der Waals surface area contributed by atoms with E-state index in [1.807, 2.05) is 20.8 Å². The fraction of sp³-hybridized carbons (Fsp3) is 0.850. The Morgan fingerprint density at radius 2 is 1.79 bits per heavy atom. The van der Waals surface area contributed by atoms with Crippen LogP contribution in [0.1, 0.15) is 65.7 Å². The molecule has 0 radical (unpaired) electrons. The summed E-state index contributed by atoms with van der Waals surface area (Å²) in [6, 6.07) is 0.377. The van der Waals surface area contributed by atoms with Gasteiger partial charge in [0.1, 0.15) is 5.60 Å². The molecule has 1 aliphatic heterocycles. The smallest absolute Gasteiger partial charge is 0.407 e. The minimum Gasteiger partial charge on any atom is -0.444 e. The van der Waals surface area contributed by atoms with Crippen molar-refractivity contribution in [3.63, 3.8) is 0 Å². The maximum atomic E-state index is 12.1. The molecule has 1 unspecified atom stereocenters. The number of hydrogen-bond acceptors (Lipinski definition) is 4. The SMILES string of the molecule is CN=C(NCCC(=O)NC1CCCCC1)N1CCC(NC(=O)OC(C)(C)C)C1. The minimum absolute atomic E-state index is 0.0306. The number of hydrogen-bond donors (Lipinski definition) is 3. The average Bonchev–Trinajstić information content (AvgIpc) is 3.06. The lowest BCUT2D eigenvalue weighted by atomic mass is 9.95. The van der Waals surface area contributed by atoms with Gasteiger partial charge in [-0.15, -0.1) is 0 Å². The molecule has 1 saturated carbocycles. The van der Waals surface area contributed by atoms with Gasteiger partial charge in [0.15, 0.2) is 5.96 Å². The van der Waals surface area contributed by atoms with E-state index in [4.69, 9.17) is 4.74 Å². The van der Waals surface area contributed by atoms with Crippen molar-refractivity contribution in [2.45, 2.75) is 83.4 Å². The fourth-order valence-corrected chi connectivity index (χ4v) is 3.71. The molecule has 0 bridgehead atoms. The first-order valence-corrected chi connectivity index (χ1v) is 10.5. The summed E-state index contributed by atoms with van der Waals surface area (Å²) in [5, 5.41) is 9.31. The van der Waals surface area contributed by atoms with Gasteiger partial charge in [0, 0.05) is 39.1 Å². The molecule has 2 amide bonds. The number of nitrogens with zero attached hydrogens (tertiary/aromatic N) is 2. The predicted molar refractivity (Wildman–Crippen MR) is 110 cm³/mol. The number of ether oxygens (including phenoxy) is 1. The maximum absolute atomic E-state index is 12.1. The molecule has 28 heavy (non-hydrogen) atoms. The number of guanidine groups is 1. The van der Waals surface area contributed by atoms with E-state index in [0.29, 0.717) is 25.6 Å². The van der Waals surface area contributed by atoms with Gasteiger partial charge < -0.3 is 25.6 Å². The number of likely N-dealkylation sites (tertiary alicyclic amines) is 1. The van der Waals surface area contributed by atoms with Gasteiger partial charge in [-0.2, -0.15) is 0 Å². The second-order valence-electron chi connectivity index (χ2n) is 8.70. The van der Waals surface area contributed by atoms with Crippen LogP contribution < -0.4 is 16.0 Å². The third kappa shape index (κ3) is 7.94. The number of rotatable bonds is 5. The van der Waals surface area contributed by atoms with Gasteiger partial charge in [0.05, 0.1) is 6.04 Å². The first kappa shape index (κ1) is 22.3. The first-order valence-electron chi connectivity index (χ1n) is 10.5. The first-order chi connectivity index (χ1) is 13.3. The van der Waals surface area contributed by atoms with Crippen LogP contribution in [-0.2, 0) is 9.53 Å². The molecule has 8 nitrogen and oxygen atoms in total. The highest BCUT2D eigenvalue weighted by Crippen LogP contribution is 2.17. The predicted octanol–water partition coefficient (Wildman–Crippen LogP) is 2.00. The molecule has 8 heteroatoms. The monoisotopic (exact) mass is 395 g/mol. The van der Waals surface area contributed by atoms with Gasteiger partial charge >= 0.3 is 6.09 Å². The largest absolute Gasteiger partial charge is 0.444 e. The average molecular weight is 396 g/mol. The van der Waals surface area contributed by atoms with Crippen molar-refractivity contribution < 1.29 is 14.3 Å². The number of nitrogens with one attached hydrogen (secondary N) is 3. The molecule has 160 valence electrons. The summed E-state index contributed by atoms with van der Waals surface area (Å²) in [6.07, 6.45) is 6.78. The standard InChI is InChI=1S/C20H37N5O3/c1-20(2,3)28-19(27)24-16-11-13-25(14-16)18(21-4)22-12-10-17(26)23-15-8-6-5-7-9-15/h15-16H,5-14H2,1-4H3,(H,21,22)(H,23,26)(H,24,27). The lowest BCUT2D eigenvalue weighted by Gasteiger charge is -2.24. The number of alkyl carbamates (subject to hydrolysis) is 1. The third-order valence-electron chi connectivity index (χ3n) is 5.03. The second-order valence-corrected chi connectivity index (χ2v) is 8.70. The molecular formula is C20H37N5O3. The van der Waals surface area contributed by atoms with Crippen molar-refractivity contribution in [2.75, 3.05) is 26.7 Å². The van der Waals surface area contributed by atoms with Gasteiger partial charge in [-0.25, -0.2) is 4.79 Å². The number of amides is 2. The van der Waals surface area contributed by atoms with Crippen molar-refractivity contribution in [2.24, 2.45) is 4.99 Å². The summed E-state index contributed by atoms with van der Waals surface area (Å²) in [7, 11) is 1.74. The molecule has 0 aromatic rings. The highest BCUT2D eigenvalue weighted by molar-refractivity contribution is 5.82. The highest BCUT2D eigenvalue weighted by Gasteiger charge is 2.27. The van der Waals surface area contributed by atoms with Gasteiger partial charge in [-0.1, -0.05) is 19.3 Å². The van der Waals surface area contributed by atoms with Gasteiger partial charge in [0.25, 0.3) is 0 Å². The van der Waals surface area contributed by atoms with Crippen LogP contribution in [0.15, 0.2) is 4.99 Å². The normalized spacial score (nSPS) is 21.4. The highest BCUT2D eigenvalue weighted by atomic mass is 16.6. The summed E-state index contributed by atoms with van der Waals surface area (Å²) >= 11 is 0. The molecule has 3 N–H and O–H groups in total. The Bertz CT molecular complexity index is 553. The molecule has 2 fully saturated rings. The van der Waals surface area contributed by atoms with E-state index in [0.717, 1.165) is 31.8 Å². The Balaban J connectivity index is 1.67. The van der Waals surface area contributed by atoms with Crippen LogP contribution in [0.5, 0.6) is 0 Å². The van der Waals surface area contributed by atoms with Gasteiger partial charge in [0.2, 0.25) is 5.91 Å². The van der Waals surface area contributed by atoms with E-state index >= 15 is 0 Å². The van der Waals surface area contributed by atoms with E-state index in [2.05, 4.69) is 25.8 Å². The molecule has 2 aliphatic rings. The van der Waals surface area contributed by atoms with E-state index in [1.165, 1.54) is 19.3 Å². The lowest BCUT2D eigenvalue weighted by molar-refractivity contribution is -0.121. The zero-order valence-corrected chi connectivity index (χ0v) is 17.8. The Kier molecular flexibility index (Phi) is 8.38. The molecule has 0 aromatic carbocycles. The molecule has 1 saturated heterocycles. The zero-order chi connectivity index (χ0) is 20.6. The van der Waals surface area contributed by atoms with E-state index < -0.39 is 5.60 Å². The molecule has 2 rings (SSSR count). The van der Waals surface area contributed by atoms with Crippen LogP contribution in [0.2, 0.25) is 0 Å². The Morgan fingerprint density at radius 3 is 2.43 bits per heavy atom. The maximum Gasteiger partial charge on any atom is 0.407 e. The van der Waals surface area contributed by atoms with E-state index in [-0.39, 0.29) is 18.0 Å². The van der Waals surface area contributed by atoms with Crippen LogP contribution in [0.3, 0.4) is 0 Å². The van der Waals surface area contributed by atoms with Crippen molar-refractivity contribution >= 4 is 18.0 Å².